The van der Waals surface area contributed by atoms with Gasteiger partial charge < -0.3 is 16.4 Å². The lowest BCUT2D eigenvalue weighted by molar-refractivity contribution is 0.749. The highest BCUT2D eigenvalue weighted by atomic mass is 15.3. The van der Waals surface area contributed by atoms with Crippen LogP contribution >= 0.6 is 0 Å². The molecule has 0 aliphatic carbocycles. The van der Waals surface area contributed by atoms with E-state index >= 15 is 0 Å². The van der Waals surface area contributed by atoms with Crippen LogP contribution in [0.1, 0.15) is 19.8 Å². The van der Waals surface area contributed by atoms with Gasteiger partial charge in [0.05, 0.1) is 0 Å². The van der Waals surface area contributed by atoms with E-state index in [4.69, 9.17) is 11.5 Å². The van der Waals surface area contributed by atoms with Crippen LogP contribution < -0.4 is 16.4 Å². The molecule has 0 radical (unpaired) electrons. The van der Waals surface area contributed by atoms with Crippen molar-refractivity contribution in [3.63, 3.8) is 0 Å². The van der Waals surface area contributed by atoms with Crippen LogP contribution in [0.2, 0.25) is 0 Å². The summed E-state index contributed by atoms with van der Waals surface area (Å²) in [6.45, 7) is 3.02. The molecule has 1 rings (SSSR count). The summed E-state index contributed by atoms with van der Waals surface area (Å²) in [5.74, 6) is 0.857. The van der Waals surface area contributed by atoms with E-state index < -0.39 is 0 Å². The van der Waals surface area contributed by atoms with E-state index in [9.17, 15) is 0 Å². The average Bonchev–Trinajstić information content (AvgIpc) is 2.12. The fourth-order valence-corrected chi connectivity index (χ4v) is 1.06. The Hall–Kier alpha value is -1.59. The summed E-state index contributed by atoms with van der Waals surface area (Å²) in [7, 11) is 1.91. The van der Waals surface area contributed by atoms with Gasteiger partial charge in [0.2, 0.25) is 17.8 Å². The van der Waals surface area contributed by atoms with Crippen LogP contribution in [0.25, 0.3) is 0 Å². The third-order valence-corrected chi connectivity index (χ3v) is 1.85. The first-order valence-corrected chi connectivity index (χ1v) is 4.61. The van der Waals surface area contributed by atoms with Gasteiger partial charge in [0.25, 0.3) is 0 Å². The number of unbranched alkanes of at least 4 members (excludes halogenated alkanes) is 1. The van der Waals surface area contributed by atoms with E-state index in [0.717, 1.165) is 19.4 Å². The van der Waals surface area contributed by atoms with Crippen LogP contribution in [0.5, 0.6) is 0 Å². The zero-order chi connectivity index (χ0) is 10.6. The Balaban J connectivity index is 2.73. The van der Waals surface area contributed by atoms with Crippen molar-refractivity contribution in [2.24, 2.45) is 0 Å². The van der Waals surface area contributed by atoms with E-state index in [1.807, 2.05) is 11.9 Å². The van der Waals surface area contributed by atoms with Gasteiger partial charge in [-0.1, -0.05) is 13.3 Å². The van der Waals surface area contributed by atoms with Crippen molar-refractivity contribution < 1.29 is 0 Å². The van der Waals surface area contributed by atoms with Crippen molar-refractivity contribution in [3.05, 3.63) is 0 Å². The van der Waals surface area contributed by atoms with Crippen molar-refractivity contribution in [2.75, 3.05) is 30.0 Å². The summed E-state index contributed by atoms with van der Waals surface area (Å²) < 4.78 is 0. The van der Waals surface area contributed by atoms with Crippen molar-refractivity contribution >= 4 is 17.8 Å². The van der Waals surface area contributed by atoms with E-state index in [-0.39, 0.29) is 11.9 Å². The van der Waals surface area contributed by atoms with Crippen molar-refractivity contribution in [1.82, 2.24) is 15.0 Å². The SMILES string of the molecule is CCCCN(C)c1nc(N)nc(N)n1. The van der Waals surface area contributed by atoms with Gasteiger partial charge in [-0.05, 0) is 6.42 Å². The maximum absolute atomic E-state index is 5.46. The topological polar surface area (TPSA) is 94.0 Å². The van der Waals surface area contributed by atoms with Crippen LogP contribution in [0, 0.1) is 0 Å². The molecule has 0 bridgehead atoms. The quantitative estimate of drug-likeness (QED) is 0.718. The molecule has 0 spiro atoms. The van der Waals surface area contributed by atoms with Gasteiger partial charge in [0, 0.05) is 13.6 Å². The Morgan fingerprint density at radius 1 is 1.14 bits per heavy atom. The predicted molar refractivity (Wildman–Crippen MR) is 56.8 cm³/mol. The van der Waals surface area contributed by atoms with E-state index in [1.165, 1.54) is 0 Å². The molecule has 0 amide bonds. The molecule has 6 nitrogen and oxygen atoms in total. The molecule has 78 valence electrons. The molecule has 1 aromatic rings. The van der Waals surface area contributed by atoms with Crippen LogP contribution in [0.3, 0.4) is 0 Å². The zero-order valence-electron chi connectivity index (χ0n) is 8.56. The molecule has 0 aliphatic heterocycles. The molecular formula is C8H16N6. The first-order valence-electron chi connectivity index (χ1n) is 4.61. The summed E-state index contributed by atoms with van der Waals surface area (Å²) in [5, 5.41) is 0. The number of nitrogen functional groups attached to an aromatic ring is 2. The van der Waals surface area contributed by atoms with Crippen LogP contribution in [-0.2, 0) is 0 Å². The first-order chi connectivity index (χ1) is 6.63. The van der Waals surface area contributed by atoms with E-state index in [1.54, 1.807) is 0 Å². The van der Waals surface area contributed by atoms with Crippen LogP contribution in [-0.4, -0.2) is 28.5 Å². The number of hydrogen-bond donors (Lipinski definition) is 2. The smallest absolute Gasteiger partial charge is 0.231 e. The third kappa shape index (κ3) is 2.72. The van der Waals surface area contributed by atoms with E-state index in [2.05, 4.69) is 21.9 Å². The largest absolute Gasteiger partial charge is 0.368 e. The van der Waals surface area contributed by atoms with Crippen molar-refractivity contribution in [2.45, 2.75) is 19.8 Å². The molecule has 0 atom stereocenters. The summed E-state index contributed by atoms with van der Waals surface area (Å²) in [4.78, 5) is 13.6. The van der Waals surface area contributed by atoms with Crippen LogP contribution in [0.4, 0.5) is 17.8 Å². The molecule has 0 unspecified atom stereocenters. The molecule has 1 aromatic heterocycles. The molecule has 6 heteroatoms. The van der Waals surface area contributed by atoms with Gasteiger partial charge in [-0.3, -0.25) is 0 Å². The Bertz CT molecular complexity index is 280. The average molecular weight is 196 g/mol. The van der Waals surface area contributed by atoms with Gasteiger partial charge in [0.15, 0.2) is 0 Å². The fourth-order valence-electron chi connectivity index (χ4n) is 1.06. The predicted octanol–water partition coefficient (Wildman–Crippen LogP) is 0.272. The highest BCUT2D eigenvalue weighted by Crippen LogP contribution is 2.08. The molecule has 0 fully saturated rings. The van der Waals surface area contributed by atoms with Crippen molar-refractivity contribution in [3.8, 4) is 0 Å². The third-order valence-electron chi connectivity index (χ3n) is 1.85. The Labute approximate surface area is 83.4 Å². The zero-order valence-corrected chi connectivity index (χ0v) is 8.56. The minimum absolute atomic E-state index is 0.163. The minimum atomic E-state index is 0.163. The molecule has 0 saturated carbocycles. The first kappa shape index (κ1) is 10.5. The second-order valence-electron chi connectivity index (χ2n) is 3.13. The summed E-state index contributed by atoms with van der Waals surface area (Å²) in [5.41, 5.74) is 10.9. The number of nitrogens with two attached hydrogens (primary N) is 2. The molecule has 0 aliphatic rings. The monoisotopic (exact) mass is 196 g/mol. The summed E-state index contributed by atoms with van der Waals surface area (Å²) in [6, 6.07) is 0. The lowest BCUT2D eigenvalue weighted by Gasteiger charge is -2.16. The second kappa shape index (κ2) is 4.59. The maximum Gasteiger partial charge on any atom is 0.231 e. The Morgan fingerprint density at radius 2 is 1.71 bits per heavy atom. The highest BCUT2D eigenvalue weighted by molar-refractivity contribution is 5.38. The lowest BCUT2D eigenvalue weighted by atomic mass is 10.3. The van der Waals surface area contributed by atoms with Gasteiger partial charge in [-0.25, -0.2) is 0 Å². The normalized spacial score (nSPS) is 10.1. The fraction of sp³-hybridized carbons (Fsp3) is 0.625. The maximum atomic E-state index is 5.46. The van der Waals surface area contributed by atoms with Gasteiger partial charge in [-0.15, -0.1) is 0 Å². The van der Waals surface area contributed by atoms with E-state index in [0.29, 0.717) is 5.95 Å². The van der Waals surface area contributed by atoms with Gasteiger partial charge in [0.1, 0.15) is 0 Å². The highest BCUT2D eigenvalue weighted by Gasteiger charge is 2.06. The number of aromatic nitrogens is 3. The number of rotatable bonds is 4. The van der Waals surface area contributed by atoms with Crippen LogP contribution in [0.15, 0.2) is 0 Å². The molecule has 0 aromatic carbocycles. The molecule has 0 saturated heterocycles. The lowest BCUT2D eigenvalue weighted by Crippen LogP contribution is -2.22. The standard InChI is InChI=1S/C8H16N6/c1-3-4-5-14(2)8-12-6(9)11-7(10)13-8/h3-5H2,1-2H3,(H4,9,10,11,12,13). The second-order valence-corrected chi connectivity index (χ2v) is 3.13. The van der Waals surface area contributed by atoms with Crippen molar-refractivity contribution in [1.29, 1.82) is 0 Å². The Kier molecular flexibility index (Phi) is 3.44. The van der Waals surface area contributed by atoms with Gasteiger partial charge in [-0.2, -0.15) is 15.0 Å². The molecule has 1 heterocycles. The molecule has 14 heavy (non-hydrogen) atoms. The summed E-state index contributed by atoms with van der Waals surface area (Å²) in [6.07, 6.45) is 2.21. The summed E-state index contributed by atoms with van der Waals surface area (Å²) >= 11 is 0. The number of hydrogen-bond acceptors (Lipinski definition) is 6. The Morgan fingerprint density at radius 3 is 2.21 bits per heavy atom. The van der Waals surface area contributed by atoms with Gasteiger partial charge >= 0.3 is 0 Å². The minimum Gasteiger partial charge on any atom is -0.368 e. The molecule has 4 N–H and O–H groups in total. The molecular weight excluding hydrogens is 180 g/mol. The number of anilines is 3. The number of nitrogens with zero attached hydrogens (tertiary/aromatic N) is 4.